The molecular weight excluding hydrogens is 436 g/mol. The minimum Gasteiger partial charge on any atom is -0.481 e. The SMILES string of the molecule is CCN(CCC(=O)O)C(=O)[C@@H]1OCC[C@@H]1CNC(=O)OCC1c2ccccc2-c2ccccc21. The fourth-order valence-electron chi connectivity index (χ4n) is 4.81. The van der Waals surface area contributed by atoms with E-state index in [1.165, 1.54) is 16.0 Å². The summed E-state index contributed by atoms with van der Waals surface area (Å²) in [6.45, 7) is 3.24. The number of hydrogen-bond acceptors (Lipinski definition) is 5. The first-order valence-electron chi connectivity index (χ1n) is 11.7. The number of likely N-dealkylation sites (N-methyl/N-ethyl adjacent to an activating group) is 1. The molecule has 4 rings (SSSR count). The van der Waals surface area contributed by atoms with Crippen LogP contribution < -0.4 is 5.32 Å². The van der Waals surface area contributed by atoms with Crippen LogP contribution in [0.3, 0.4) is 0 Å². The molecule has 2 aliphatic rings. The van der Waals surface area contributed by atoms with Crippen LogP contribution >= 0.6 is 0 Å². The first kappa shape index (κ1) is 23.8. The van der Waals surface area contributed by atoms with E-state index in [0.717, 1.165) is 11.1 Å². The molecule has 2 aromatic rings. The Labute approximate surface area is 198 Å². The van der Waals surface area contributed by atoms with E-state index in [-0.39, 0.29) is 43.9 Å². The van der Waals surface area contributed by atoms with Crippen molar-refractivity contribution in [3.05, 3.63) is 59.7 Å². The molecule has 8 nitrogen and oxygen atoms in total. The number of amides is 2. The van der Waals surface area contributed by atoms with Gasteiger partial charge in [0.05, 0.1) is 6.42 Å². The quantitative estimate of drug-likeness (QED) is 0.588. The maximum atomic E-state index is 12.8. The Morgan fingerprint density at radius 3 is 2.35 bits per heavy atom. The van der Waals surface area contributed by atoms with Crippen LogP contribution in [0.15, 0.2) is 48.5 Å². The number of carboxylic acids is 1. The average molecular weight is 467 g/mol. The fourth-order valence-corrected chi connectivity index (χ4v) is 4.81. The lowest BCUT2D eigenvalue weighted by molar-refractivity contribution is -0.144. The second-order valence-electron chi connectivity index (χ2n) is 8.61. The smallest absolute Gasteiger partial charge is 0.407 e. The molecule has 180 valence electrons. The molecule has 1 aliphatic heterocycles. The summed E-state index contributed by atoms with van der Waals surface area (Å²) in [5, 5.41) is 11.7. The van der Waals surface area contributed by atoms with Gasteiger partial charge in [-0.05, 0) is 35.6 Å². The Kier molecular flexibility index (Phi) is 7.47. The first-order chi connectivity index (χ1) is 16.5. The van der Waals surface area contributed by atoms with Gasteiger partial charge in [0.1, 0.15) is 12.7 Å². The third kappa shape index (κ3) is 5.07. The zero-order chi connectivity index (χ0) is 24.1. The van der Waals surface area contributed by atoms with Crippen molar-refractivity contribution in [2.24, 2.45) is 5.92 Å². The molecule has 0 bridgehead atoms. The zero-order valence-electron chi connectivity index (χ0n) is 19.2. The van der Waals surface area contributed by atoms with Crippen molar-refractivity contribution in [3.8, 4) is 11.1 Å². The summed E-state index contributed by atoms with van der Waals surface area (Å²) in [6, 6.07) is 16.3. The van der Waals surface area contributed by atoms with Crippen molar-refractivity contribution < 1.29 is 29.0 Å². The molecule has 2 atom stereocenters. The van der Waals surface area contributed by atoms with Gasteiger partial charge < -0.3 is 24.8 Å². The van der Waals surface area contributed by atoms with E-state index in [0.29, 0.717) is 19.6 Å². The van der Waals surface area contributed by atoms with Gasteiger partial charge in [0.25, 0.3) is 5.91 Å². The summed E-state index contributed by atoms with van der Waals surface area (Å²) in [6.07, 6.45) is -0.702. The number of carboxylic acid groups (broad SMARTS) is 1. The second-order valence-corrected chi connectivity index (χ2v) is 8.61. The van der Waals surface area contributed by atoms with Crippen LogP contribution in [-0.2, 0) is 19.1 Å². The summed E-state index contributed by atoms with van der Waals surface area (Å²) >= 11 is 0. The van der Waals surface area contributed by atoms with Gasteiger partial charge in [0, 0.05) is 38.1 Å². The van der Waals surface area contributed by atoms with Crippen molar-refractivity contribution >= 4 is 18.0 Å². The number of hydrogen-bond donors (Lipinski definition) is 2. The monoisotopic (exact) mass is 466 g/mol. The highest BCUT2D eigenvalue weighted by molar-refractivity contribution is 5.82. The van der Waals surface area contributed by atoms with E-state index in [9.17, 15) is 14.4 Å². The molecule has 0 saturated carbocycles. The molecular formula is C26H30N2O6. The largest absolute Gasteiger partial charge is 0.481 e. The van der Waals surface area contributed by atoms with Gasteiger partial charge in [-0.1, -0.05) is 48.5 Å². The van der Waals surface area contributed by atoms with Crippen molar-refractivity contribution in [2.75, 3.05) is 32.8 Å². The highest BCUT2D eigenvalue weighted by atomic mass is 16.5. The molecule has 1 aliphatic carbocycles. The van der Waals surface area contributed by atoms with Gasteiger partial charge in [-0.15, -0.1) is 0 Å². The Balaban J connectivity index is 1.31. The van der Waals surface area contributed by atoms with E-state index in [1.807, 2.05) is 24.3 Å². The number of aliphatic carboxylic acids is 1. The number of fused-ring (bicyclic) bond motifs is 3. The molecule has 1 heterocycles. The Hall–Kier alpha value is -3.39. The highest BCUT2D eigenvalue weighted by Crippen LogP contribution is 2.44. The predicted octanol–water partition coefficient (Wildman–Crippen LogP) is 3.25. The van der Waals surface area contributed by atoms with E-state index in [4.69, 9.17) is 14.6 Å². The number of carbonyl (C=O) groups excluding carboxylic acids is 2. The van der Waals surface area contributed by atoms with Gasteiger partial charge in [-0.3, -0.25) is 9.59 Å². The molecule has 0 aromatic heterocycles. The normalized spacial score (nSPS) is 18.7. The lowest BCUT2D eigenvalue weighted by Crippen LogP contribution is -2.45. The van der Waals surface area contributed by atoms with Gasteiger partial charge >= 0.3 is 12.1 Å². The van der Waals surface area contributed by atoms with Crippen molar-refractivity contribution in [1.29, 1.82) is 0 Å². The van der Waals surface area contributed by atoms with Crippen molar-refractivity contribution in [2.45, 2.75) is 31.8 Å². The number of carbonyl (C=O) groups is 3. The molecule has 34 heavy (non-hydrogen) atoms. The molecule has 0 unspecified atom stereocenters. The van der Waals surface area contributed by atoms with Crippen LogP contribution in [0.5, 0.6) is 0 Å². The summed E-state index contributed by atoms with van der Waals surface area (Å²) in [5.74, 6) is -1.39. The number of benzene rings is 2. The number of nitrogens with one attached hydrogen (secondary N) is 1. The topological polar surface area (TPSA) is 105 Å². The maximum absolute atomic E-state index is 12.8. The number of alkyl carbamates (subject to hydrolysis) is 1. The van der Waals surface area contributed by atoms with Crippen molar-refractivity contribution in [1.82, 2.24) is 10.2 Å². The molecule has 1 saturated heterocycles. The summed E-state index contributed by atoms with van der Waals surface area (Å²) in [7, 11) is 0. The third-order valence-corrected chi connectivity index (χ3v) is 6.60. The van der Waals surface area contributed by atoms with Crippen LogP contribution in [0.2, 0.25) is 0 Å². The number of nitrogens with zero attached hydrogens (tertiary/aromatic N) is 1. The summed E-state index contributed by atoms with van der Waals surface area (Å²) < 4.78 is 11.2. The van der Waals surface area contributed by atoms with Gasteiger partial charge in [-0.25, -0.2) is 4.79 Å². The highest BCUT2D eigenvalue weighted by Gasteiger charge is 2.37. The maximum Gasteiger partial charge on any atom is 0.407 e. The fraction of sp³-hybridized carbons (Fsp3) is 0.423. The third-order valence-electron chi connectivity index (χ3n) is 6.60. The Morgan fingerprint density at radius 1 is 1.09 bits per heavy atom. The molecule has 2 amide bonds. The molecule has 0 spiro atoms. The lowest BCUT2D eigenvalue weighted by atomic mass is 9.98. The van der Waals surface area contributed by atoms with Crippen LogP contribution in [0, 0.1) is 5.92 Å². The zero-order valence-corrected chi connectivity index (χ0v) is 19.2. The predicted molar refractivity (Wildman–Crippen MR) is 125 cm³/mol. The lowest BCUT2D eigenvalue weighted by Gasteiger charge is -2.26. The van der Waals surface area contributed by atoms with E-state index < -0.39 is 18.2 Å². The molecule has 2 aromatic carbocycles. The standard InChI is InChI=1S/C26H30N2O6/c1-2-28(13-11-23(29)30)25(31)24-17(12-14-33-24)15-27-26(32)34-16-22-20-9-5-3-7-18(20)19-8-4-6-10-21(19)22/h3-10,17,22,24H,2,11-16H2,1H3,(H,27,32)(H,29,30)/t17-,24-/m1/s1. The average Bonchev–Trinajstić information content (AvgIpc) is 3.44. The first-order valence-corrected chi connectivity index (χ1v) is 11.7. The van der Waals surface area contributed by atoms with Crippen LogP contribution in [0.1, 0.15) is 36.8 Å². The molecule has 0 radical (unpaired) electrons. The molecule has 8 heteroatoms. The number of ether oxygens (including phenoxy) is 2. The van der Waals surface area contributed by atoms with E-state index >= 15 is 0 Å². The molecule has 1 fully saturated rings. The molecule has 2 N–H and O–H groups in total. The number of rotatable bonds is 9. The summed E-state index contributed by atoms with van der Waals surface area (Å²) in [5.41, 5.74) is 4.62. The Bertz CT molecular complexity index is 1010. The summed E-state index contributed by atoms with van der Waals surface area (Å²) in [4.78, 5) is 37.7. The van der Waals surface area contributed by atoms with Crippen LogP contribution in [0.4, 0.5) is 4.79 Å². The van der Waals surface area contributed by atoms with Crippen LogP contribution in [0.25, 0.3) is 11.1 Å². The van der Waals surface area contributed by atoms with Crippen LogP contribution in [-0.4, -0.2) is 66.9 Å². The second kappa shape index (κ2) is 10.7. The van der Waals surface area contributed by atoms with Gasteiger partial charge in [-0.2, -0.15) is 0 Å². The van der Waals surface area contributed by atoms with Gasteiger partial charge in [0.15, 0.2) is 0 Å². The van der Waals surface area contributed by atoms with E-state index in [1.54, 1.807) is 6.92 Å². The minimum absolute atomic E-state index is 0.0189. The van der Waals surface area contributed by atoms with E-state index in [2.05, 4.69) is 29.6 Å². The van der Waals surface area contributed by atoms with Gasteiger partial charge in [0.2, 0.25) is 0 Å². The van der Waals surface area contributed by atoms with Crippen molar-refractivity contribution in [3.63, 3.8) is 0 Å². The Morgan fingerprint density at radius 2 is 1.74 bits per heavy atom. The minimum atomic E-state index is -0.952.